The molecule has 0 saturated carbocycles. The molecular formula is C23H19ClF3N7O4. The molecule has 4 aromatic rings. The Bertz CT molecular complexity index is 1500. The summed E-state index contributed by atoms with van der Waals surface area (Å²) >= 11 is 5.80. The van der Waals surface area contributed by atoms with Crippen LogP contribution in [0.5, 0.6) is 0 Å². The Hall–Kier alpha value is -4.59. The van der Waals surface area contributed by atoms with E-state index in [9.17, 15) is 32.7 Å². The van der Waals surface area contributed by atoms with Gasteiger partial charge in [-0.2, -0.15) is 13.2 Å². The largest absolute Gasteiger partial charge is 0.476 e. The van der Waals surface area contributed by atoms with E-state index in [2.05, 4.69) is 35.9 Å². The van der Waals surface area contributed by atoms with Crippen LogP contribution in [-0.4, -0.2) is 43.0 Å². The number of hydrogen-bond donors (Lipinski definition) is 6. The molecule has 0 saturated heterocycles. The summed E-state index contributed by atoms with van der Waals surface area (Å²) in [7, 11) is 0. The number of hydrogen-bond acceptors (Lipinski definition) is 5. The number of aromatic carboxylic acids is 1. The van der Waals surface area contributed by atoms with E-state index in [0.717, 1.165) is 0 Å². The Balaban J connectivity index is 1.32. The Labute approximate surface area is 216 Å². The SMILES string of the molecule is O=C(CCCc1nc(C(=O)O)c(NC(=O)Nc2ccc(Cl)cc2)[nH]1)Nc1ccc2[nH]c(C(F)(F)F)nc2c1. The number of nitrogens with one attached hydrogen (secondary N) is 5. The molecule has 2 heterocycles. The molecule has 0 atom stereocenters. The maximum atomic E-state index is 12.8. The van der Waals surface area contributed by atoms with Crippen molar-refractivity contribution in [3.63, 3.8) is 0 Å². The highest BCUT2D eigenvalue weighted by molar-refractivity contribution is 6.30. The lowest BCUT2D eigenvalue weighted by molar-refractivity contribution is -0.144. The lowest BCUT2D eigenvalue weighted by atomic mass is 10.2. The Morgan fingerprint density at radius 1 is 0.947 bits per heavy atom. The van der Waals surface area contributed by atoms with Gasteiger partial charge in [0.15, 0.2) is 5.69 Å². The summed E-state index contributed by atoms with van der Waals surface area (Å²) in [5.74, 6) is -2.81. The molecule has 198 valence electrons. The maximum Gasteiger partial charge on any atom is 0.449 e. The zero-order valence-corrected chi connectivity index (χ0v) is 20.0. The Kier molecular flexibility index (Phi) is 7.52. The average molecular weight is 550 g/mol. The summed E-state index contributed by atoms with van der Waals surface area (Å²) in [6.07, 6.45) is -4.17. The van der Waals surface area contributed by atoms with Gasteiger partial charge in [0.05, 0.1) is 11.0 Å². The van der Waals surface area contributed by atoms with Gasteiger partial charge in [-0.25, -0.2) is 19.6 Å². The molecule has 15 heteroatoms. The number of halogens is 4. The van der Waals surface area contributed by atoms with Crippen LogP contribution in [0.15, 0.2) is 42.5 Å². The van der Waals surface area contributed by atoms with Gasteiger partial charge in [0.2, 0.25) is 11.7 Å². The number of carboxylic acid groups (broad SMARTS) is 1. The van der Waals surface area contributed by atoms with Gasteiger partial charge in [0.1, 0.15) is 11.6 Å². The van der Waals surface area contributed by atoms with Crippen LogP contribution < -0.4 is 16.0 Å². The third-order valence-electron chi connectivity index (χ3n) is 5.15. The number of benzene rings is 2. The highest BCUT2D eigenvalue weighted by Gasteiger charge is 2.34. The van der Waals surface area contributed by atoms with Crippen molar-refractivity contribution < 1.29 is 32.7 Å². The number of carbonyl (C=O) groups excluding carboxylic acids is 2. The van der Waals surface area contributed by atoms with Crippen molar-refractivity contribution in [2.24, 2.45) is 0 Å². The van der Waals surface area contributed by atoms with E-state index < -0.39 is 35.6 Å². The zero-order valence-electron chi connectivity index (χ0n) is 19.2. The van der Waals surface area contributed by atoms with Gasteiger partial charge in [-0.3, -0.25) is 10.1 Å². The molecule has 0 spiro atoms. The van der Waals surface area contributed by atoms with E-state index in [1.165, 1.54) is 18.2 Å². The lowest BCUT2D eigenvalue weighted by Gasteiger charge is -2.06. The van der Waals surface area contributed by atoms with Crippen LogP contribution in [0.2, 0.25) is 5.02 Å². The first-order valence-corrected chi connectivity index (χ1v) is 11.4. The number of anilines is 3. The predicted octanol–water partition coefficient (Wildman–Crippen LogP) is 5.26. The fraction of sp³-hybridized carbons (Fsp3) is 0.174. The number of rotatable bonds is 8. The van der Waals surface area contributed by atoms with Crippen LogP contribution in [-0.2, 0) is 17.4 Å². The van der Waals surface area contributed by atoms with Crippen molar-refractivity contribution in [1.82, 2.24) is 19.9 Å². The monoisotopic (exact) mass is 549 g/mol. The van der Waals surface area contributed by atoms with E-state index in [-0.39, 0.29) is 47.6 Å². The number of aromatic nitrogens is 4. The molecule has 0 radical (unpaired) electrons. The normalized spacial score (nSPS) is 11.4. The molecule has 0 aliphatic heterocycles. The number of H-pyrrole nitrogens is 2. The third-order valence-corrected chi connectivity index (χ3v) is 5.40. The van der Waals surface area contributed by atoms with E-state index in [1.54, 1.807) is 24.3 Å². The van der Waals surface area contributed by atoms with E-state index in [4.69, 9.17) is 11.6 Å². The molecule has 3 amide bonds. The number of nitrogens with zero attached hydrogens (tertiary/aromatic N) is 2. The van der Waals surface area contributed by atoms with Crippen molar-refractivity contribution in [3.05, 3.63) is 64.8 Å². The molecule has 2 aromatic heterocycles. The van der Waals surface area contributed by atoms with Crippen molar-refractivity contribution in [1.29, 1.82) is 0 Å². The molecule has 11 nitrogen and oxygen atoms in total. The van der Waals surface area contributed by atoms with Gasteiger partial charge in [0, 0.05) is 29.2 Å². The van der Waals surface area contributed by atoms with Gasteiger partial charge in [-0.05, 0) is 48.9 Å². The van der Waals surface area contributed by atoms with Crippen molar-refractivity contribution in [2.75, 3.05) is 16.0 Å². The van der Waals surface area contributed by atoms with E-state index in [0.29, 0.717) is 10.7 Å². The van der Waals surface area contributed by atoms with Gasteiger partial charge < -0.3 is 25.7 Å². The van der Waals surface area contributed by atoms with Crippen LogP contribution in [0.25, 0.3) is 11.0 Å². The second kappa shape index (κ2) is 10.8. The summed E-state index contributed by atoms with van der Waals surface area (Å²) in [5.41, 5.74) is 0.524. The number of carboxylic acids is 1. The minimum absolute atomic E-state index is 0.00925. The molecule has 0 unspecified atom stereocenters. The number of amides is 3. The van der Waals surface area contributed by atoms with Crippen LogP contribution in [0, 0.1) is 0 Å². The zero-order chi connectivity index (χ0) is 27.4. The summed E-state index contributed by atoms with van der Waals surface area (Å²) in [5, 5.41) is 17.4. The molecule has 0 fully saturated rings. The summed E-state index contributed by atoms with van der Waals surface area (Å²) in [6, 6.07) is 9.70. The number of alkyl halides is 3. The molecule has 0 bridgehead atoms. The van der Waals surface area contributed by atoms with Gasteiger partial charge in [-0.1, -0.05) is 11.6 Å². The summed E-state index contributed by atoms with van der Waals surface area (Å²) < 4.78 is 38.5. The fourth-order valence-electron chi connectivity index (χ4n) is 3.45. The van der Waals surface area contributed by atoms with Gasteiger partial charge in [-0.15, -0.1) is 0 Å². The first-order valence-electron chi connectivity index (χ1n) is 11.0. The van der Waals surface area contributed by atoms with Crippen LogP contribution in [0.4, 0.5) is 35.2 Å². The summed E-state index contributed by atoms with van der Waals surface area (Å²) in [4.78, 5) is 48.5. The van der Waals surface area contributed by atoms with Crippen molar-refractivity contribution >= 4 is 57.7 Å². The molecule has 0 aliphatic rings. The molecule has 6 N–H and O–H groups in total. The first kappa shape index (κ1) is 26.5. The molecular weight excluding hydrogens is 531 g/mol. The second-order valence-electron chi connectivity index (χ2n) is 8.02. The summed E-state index contributed by atoms with van der Waals surface area (Å²) in [6.45, 7) is 0. The number of aromatic amines is 2. The van der Waals surface area contributed by atoms with Crippen LogP contribution in [0.3, 0.4) is 0 Å². The number of imidazole rings is 2. The number of carbonyl (C=O) groups is 3. The highest BCUT2D eigenvalue weighted by Crippen LogP contribution is 2.29. The van der Waals surface area contributed by atoms with E-state index >= 15 is 0 Å². The van der Waals surface area contributed by atoms with E-state index in [1.807, 2.05) is 0 Å². The van der Waals surface area contributed by atoms with Crippen LogP contribution in [0.1, 0.15) is 35.0 Å². The van der Waals surface area contributed by atoms with Crippen molar-refractivity contribution in [2.45, 2.75) is 25.4 Å². The number of fused-ring (bicyclic) bond motifs is 1. The molecule has 2 aromatic carbocycles. The number of aryl methyl sites for hydroxylation is 1. The first-order chi connectivity index (χ1) is 18.0. The van der Waals surface area contributed by atoms with Gasteiger partial charge in [0.25, 0.3) is 0 Å². The maximum absolute atomic E-state index is 12.8. The Morgan fingerprint density at radius 2 is 1.66 bits per heavy atom. The predicted molar refractivity (Wildman–Crippen MR) is 132 cm³/mol. The van der Waals surface area contributed by atoms with Crippen LogP contribution >= 0.6 is 11.6 Å². The second-order valence-corrected chi connectivity index (χ2v) is 8.45. The topological polar surface area (TPSA) is 165 Å². The highest BCUT2D eigenvalue weighted by atomic mass is 35.5. The molecule has 4 rings (SSSR count). The molecule has 0 aliphatic carbocycles. The average Bonchev–Trinajstić information content (AvgIpc) is 3.44. The van der Waals surface area contributed by atoms with Gasteiger partial charge >= 0.3 is 18.2 Å². The van der Waals surface area contributed by atoms with Crippen molar-refractivity contribution in [3.8, 4) is 0 Å². The molecule has 38 heavy (non-hydrogen) atoms. The minimum atomic E-state index is -4.62. The quantitative estimate of drug-likeness (QED) is 0.175. The Morgan fingerprint density at radius 3 is 2.34 bits per heavy atom. The lowest BCUT2D eigenvalue weighted by Crippen LogP contribution is -2.21. The fourth-order valence-corrected chi connectivity index (χ4v) is 3.58. The standard InChI is InChI=1S/C23H19ClF3N7O4/c24-11-4-6-12(7-5-11)29-22(38)34-19-18(20(36)37)32-16(33-19)2-1-3-17(35)28-13-8-9-14-15(10-13)31-21(30-14)23(25,26)27/h4-10H,1-3H2,(H,28,35)(H,30,31)(H,32,33)(H,36,37)(H2,29,34,38). The third kappa shape index (κ3) is 6.59. The smallest absolute Gasteiger partial charge is 0.449 e. The number of urea groups is 1. The minimum Gasteiger partial charge on any atom is -0.476 e.